The molecule has 0 saturated carbocycles. The highest BCUT2D eigenvalue weighted by Crippen LogP contribution is 2.47. The van der Waals surface area contributed by atoms with Crippen molar-refractivity contribution >= 4 is 72.0 Å². The third-order valence-electron chi connectivity index (χ3n) is 13.5. The molecule has 0 N–H and O–H groups in total. The highest BCUT2D eigenvalue weighted by Gasteiger charge is 2.31. The van der Waals surface area contributed by atoms with E-state index in [-0.39, 0.29) is 50.7 Å². The molecule has 0 bridgehead atoms. The summed E-state index contributed by atoms with van der Waals surface area (Å²) >= 11 is 0. The molecular weight excluding hydrogens is 954 g/mol. The highest BCUT2D eigenvalue weighted by atomic mass is 19.4. The summed E-state index contributed by atoms with van der Waals surface area (Å²) in [5.74, 6) is 0. The molecule has 2 heterocycles. The molecule has 0 aliphatic carbocycles. The zero-order valence-corrected chi connectivity index (χ0v) is 39.2. The smallest absolute Gasteiger partial charge is 0.309 e. The molecule has 0 aliphatic rings. The van der Waals surface area contributed by atoms with E-state index in [1.54, 1.807) is 18.2 Å². The summed E-state index contributed by atoms with van der Waals surface area (Å²) < 4.78 is 46.2. The standard InChI is InChI=1S/C63H27F3N10/c1-70-43-26-41(35-69)62(55(31-43)74-5)39-16-23-59-50(29-39)47-11-7-9-13-57(47)76(59)60-21-14-37(45-19-17-42(63(64,65)66)30-53(45)72-3)27-51(60)48-32-44(18-20-52(48)71-2)75-56-12-8-6-10-46(56)49-28-38(15-22-58(49)75)61-40(34-68)24-36(33-67)25-54(61)73-4/h6-32H. The molecule has 11 rings (SSSR count). The maximum absolute atomic E-state index is 14.0. The molecule has 2 aromatic heterocycles. The number of nitrogens with zero attached hydrogens (tertiary/aromatic N) is 10. The van der Waals surface area contributed by atoms with Crippen LogP contribution in [-0.2, 0) is 6.18 Å². The van der Waals surface area contributed by atoms with Crippen LogP contribution in [0.15, 0.2) is 164 Å². The van der Waals surface area contributed by atoms with Crippen LogP contribution in [-0.4, -0.2) is 9.13 Å². The Hall–Kier alpha value is -11.7. The third kappa shape index (κ3) is 7.44. The monoisotopic (exact) mass is 980 g/mol. The van der Waals surface area contributed by atoms with Gasteiger partial charge in [0.1, 0.15) is 0 Å². The van der Waals surface area contributed by atoms with Gasteiger partial charge >= 0.3 is 6.18 Å². The van der Waals surface area contributed by atoms with Crippen LogP contribution in [0.2, 0.25) is 0 Å². The van der Waals surface area contributed by atoms with E-state index in [9.17, 15) is 29.0 Å². The number of nitriles is 3. The van der Waals surface area contributed by atoms with Gasteiger partial charge in [0.2, 0.25) is 0 Å². The number of hydrogen-bond acceptors (Lipinski definition) is 3. The Morgan fingerprint density at radius 3 is 1.57 bits per heavy atom. The second kappa shape index (κ2) is 18.2. The molecule has 0 spiro atoms. The fraction of sp³-hybridized carbons (Fsp3) is 0.0159. The van der Waals surface area contributed by atoms with Crippen molar-refractivity contribution in [1.29, 1.82) is 15.8 Å². The van der Waals surface area contributed by atoms with Gasteiger partial charge in [0.15, 0.2) is 28.4 Å². The highest BCUT2D eigenvalue weighted by molar-refractivity contribution is 6.13. The van der Waals surface area contributed by atoms with E-state index in [0.29, 0.717) is 55.8 Å². The quantitative estimate of drug-likeness (QED) is 0.155. The van der Waals surface area contributed by atoms with E-state index < -0.39 is 11.7 Å². The van der Waals surface area contributed by atoms with E-state index in [1.165, 1.54) is 30.3 Å². The van der Waals surface area contributed by atoms with E-state index >= 15 is 0 Å². The van der Waals surface area contributed by atoms with Gasteiger partial charge in [0, 0.05) is 55.0 Å². The van der Waals surface area contributed by atoms with Crippen molar-refractivity contribution in [1.82, 2.24) is 9.13 Å². The van der Waals surface area contributed by atoms with Crippen molar-refractivity contribution in [2.45, 2.75) is 6.18 Å². The zero-order valence-electron chi connectivity index (χ0n) is 39.2. The normalized spacial score (nSPS) is 11.0. The number of para-hydroxylation sites is 2. The third-order valence-corrected chi connectivity index (χ3v) is 13.5. The number of rotatable bonds is 6. The maximum atomic E-state index is 14.0. The first-order chi connectivity index (χ1) is 36.9. The van der Waals surface area contributed by atoms with Crippen LogP contribution < -0.4 is 0 Å². The molecule has 76 heavy (non-hydrogen) atoms. The van der Waals surface area contributed by atoms with Gasteiger partial charge in [0.25, 0.3) is 0 Å². The summed E-state index contributed by atoms with van der Waals surface area (Å²) in [5.41, 5.74) is 7.93. The lowest BCUT2D eigenvalue weighted by molar-refractivity contribution is -0.137. The predicted octanol–water partition coefficient (Wildman–Crippen LogP) is 17.9. The molecule has 350 valence electrons. The van der Waals surface area contributed by atoms with Crippen LogP contribution in [0, 0.1) is 66.9 Å². The van der Waals surface area contributed by atoms with Gasteiger partial charge in [-0.3, -0.25) is 0 Å². The number of benzene rings is 9. The number of alkyl halides is 3. The number of hydrogen-bond donors (Lipinski definition) is 0. The molecule has 0 radical (unpaired) electrons. The average Bonchev–Trinajstić information content (AvgIpc) is 3.98. The lowest BCUT2D eigenvalue weighted by atomic mass is 9.94. The van der Waals surface area contributed by atoms with Crippen molar-refractivity contribution in [2.75, 3.05) is 0 Å². The molecule has 9 aromatic carbocycles. The number of fused-ring (bicyclic) bond motifs is 6. The first-order valence-corrected chi connectivity index (χ1v) is 23.0. The largest absolute Gasteiger partial charge is 0.415 e. The van der Waals surface area contributed by atoms with Gasteiger partial charge in [-0.05, 0) is 118 Å². The summed E-state index contributed by atoms with van der Waals surface area (Å²) in [7, 11) is 0. The molecular formula is C63H27F3N10. The van der Waals surface area contributed by atoms with Crippen molar-refractivity contribution < 1.29 is 13.2 Å². The summed E-state index contributed by atoms with van der Waals surface area (Å²) in [6.07, 6.45) is -4.69. The molecule has 10 nitrogen and oxygen atoms in total. The second-order valence-corrected chi connectivity index (χ2v) is 17.5. The molecule has 0 unspecified atom stereocenters. The Kier molecular flexibility index (Phi) is 11.1. The van der Waals surface area contributed by atoms with Crippen molar-refractivity contribution in [3.63, 3.8) is 0 Å². The lowest BCUT2D eigenvalue weighted by Crippen LogP contribution is -2.04. The van der Waals surface area contributed by atoms with Crippen LogP contribution in [0.1, 0.15) is 22.3 Å². The summed E-state index contributed by atoms with van der Waals surface area (Å²) in [5, 5.41) is 33.3. The predicted molar refractivity (Wildman–Crippen MR) is 287 cm³/mol. The van der Waals surface area contributed by atoms with E-state index in [1.807, 2.05) is 118 Å². The molecule has 11 aromatic rings. The van der Waals surface area contributed by atoms with Crippen molar-refractivity contribution in [3.8, 4) is 74.1 Å². The Bertz CT molecular complexity index is 4680. The Morgan fingerprint density at radius 1 is 0.408 bits per heavy atom. The van der Waals surface area contributed by atoms with Crippen LogP contribution in [0.3, 0.4) is 0 Å². The fourth-order valence-electron chi connectivity index (χ4n) is 10.3. The molecule has 0 saturated heterocycles. The molecule has 0 aliphatic heterocycles. The zero-order chi connectivity index (χ0) is 53.0. The number of aromatic nitrogens is 2. The van der Waals surface area contributed by atoms with Crippen LogP contribution in [0.5, 0.6) is 0 Å². The summed E-state index contributed by atoms with van der Waals surface area (Å²) in [6.45, 7) is 40.0. The van der Waals surface area contributed by atoms with Gasteiger partial charge in [0.05, 0.1) is 84.4 Å². The van der Waals surface area contributed by atoms with Crippen LogP contribution in [0.25, 0.3) is 124 Å². The molecule has 0 atom stereocenters. The number of halogens is 3. The second-order valence-electron chi connectivity index (χ2n) is 17.5. The van der Waals surface area contributed by atoms with Gasteiger partial charge < -0.3 is 9.13 Å². The lowest BCUT2D eigenvalue weighted by Gasteiger charge is -2.19. The summed E-state index contributed by atoms with van der Waals surface area (Å²) in [4.78, 5) is 18.4. The SMILES string of the molecule is [C-]#[N+]c1cc(C#N)c(-c2ccc3c(c2)c2ccccc2n3-c2ccc(-c3ccc(C(F)(F)F)cc3[N+]#[C-])cc2-c2cc(-n3c4ccccc4c4cc(-c5c(C#N)cc(C#N)cc5[N+]#[C-])ccc43)ccc2[N+]#[C-])c([N+]#[C-])c1. The Labute approximate surface area is 431 Å². The minimum Gasteiger partial charge on any atom is -0.309 e. The van der Waals surface area contributed by atoms with Crippen LogP contribution >= 0.6 is 0 Å². The van der Waals surface area contributed by atoms with Gasteiger partial charge in [-0.15, -0.1) is 0 Å². The van der Waals surface area contributed by atoms with Crippen LogP contribution in [0.4, 0.5) is 41.6 Å². The molecule has 0 amide bonds. The first kappa shape index (κ1) is 46.7. The molecule has 0 fully saturated rings. The van der Waals surface area contributed by atoms with Crippen molar-refractivity contribution in [3.05, 3.63) is 243 Å². The van der Waals surface area contributed by atoms with Gasteiger partial charge in [-0.2, -0.15) is 29.0 Å². The summed E-state index contributed by atoms with van der Waals surface area (Å²) in [6, 6.07) is 52.7. The Balaban J connectivity index is 1.18. The fourth-order valence-corrected chi connectivity index (χ4v) is 10.3. The Morgan fingerprint density at radius 2 is 0.974 bits per heavy atom. The van der Waals surface area contributed by atoms with Gasteiger partial charge in [-0.1, -0.05) is 78.9 Å². The van der Waals surface area contributed by atoms with E-state index in [2.05, 4.69) is 36.4 Å². The van der Waals surface area contributed by atoms with Gasteiger partial charge in [-0.25, -0.2) is 24.2 Å². The molecule has 13 heteroatoms. The maximum Gasteiger partial charge on any atom is 0.415 e. The topological polar surface area (TPSA) is 103 Å². The van der Waals surface area contributed by atoms with E-state index in [4.69, 9.17) is 32.9 Å². The van der Waals surface area contributed by atoms with E-state index in [0.717, 1.165) is 50.2 Å². The minimum atomic E-state index is -4.69. The first-order valence-electron chi connectivity index (χ1n) is 23.0. The van der Waals surface area contributed by atoms with Crippen molar-refractivity contribution in [2.24, 2.45) is 0 Å². The minimum absolute atomic E-state index is 0.150. The average molecular weight is 981 g/mol.